The van der Waals surface area contributed by atoms with Crippen molar-refractivity contribution in [1.29, 1.82) is 0 Å². The van der Waals surface area contributed by atoms with Gasteiger partial charge in [0.05, 0.1) is 0 Å². The van der Waals surface area contributed by atoms with Gasteiger partial charge in [-0.25, -0.2) is 5.48 Å². The van der Waals surface area contributed by atoms with Crippen molar-refractivity contribution < 1.29 is 18.2 Å². The van der Waals surface area contributed by atoms with E-state index in [1.54, 1.807) is 0 Å². The molecular weight excluding hydrogens is 703 g/mol. The number of hydrogen-bond donors (Lipinski definition) is 1. The van der Waals surface area contributed by atoms with Crippen LogP contribution in [0.15, 0.2) is 0 Å². The van der Waals surface area contributed by atoms with Crippen molar-refractivity contribution in [3.8, 4) is 0 Å². The average Bonchev–Trinajstić information content (AvgIpc) is 3.16. The van der Waals surface area contributed by atoms with Gasteiger partial charge in [0.15, 0.2) is 5.12 Å². The number of rotatable bonds is 41. The largest absolute Gasteiger partial charge is 0.517 e. The van der Waals surface area contributed by atoms with E-state index in [1.165, 1.54) is 217 Å². The fourth-order valence-corrected chi connectivity index (χ4v) is 11.3. The van der Waals surface area contributed by atoms with Crippen molar-refractivity contribution in [3.63, 3.8) is 0 Å². The van der Waals surface area contributed by atoms with E-state index in [9.17, 15) is 4.79 Å². The lowest BCUT2D eigenvalue weighted by atomic mass is 9.97. The highest BCUT2D eigenvalue weighted by molar-refractivity contribution is 8.13. The van der Waals surface area contributed by atoms with Gasteiger partial charge in [-0.05, 0) is 38.0 Å². The Hall–Kier alpha value is 0.0769. The number of unbranched alkanes of at least 4 members (excludes halogenated alkanes) is 30. The van der Waals surface area contributed by atoms with Crippen molar-refractivity contribution in [2.24, 2.45) is 5.92 Å². The first-order valence-electron chi connectivity index (χ1n) is 24.5. The van der Waals surface area contributed by atoms with Crippen LogP contribution in [0.3, 0.4) is 0 Å². The highest BCUT2D eigenvalue weighted by Crippen LogP contribution is 2.25. The molecule has 0 aromatic carbocycles. The number of carbonyl (C=O) groups excluding carboxylic acids is 1. The fourth-order valence-electron chi connectivity index (χ4n) is 7.87. The second-order valence-electron chi connectivity index (χ2n) is 17.0. The van der Waals surface area contributed by atoms with Gasteiger partial charge < -0.3 is 8.85 Å². The summed E-state index contributed by atoms with van der Waals surface area (Å²) in [4.78, 5) is 12.6. The molecule has 1 aliphatic rings. The molecule has 1 fully saturated rings. The lowest BCUT2D eigenvalue weighted by Gasteiger charge is -2.33. The number of nitrogens with one attached hydrogen (secondary N) is 1. The van der Waals surface area contributed by atoms with E-state index in [0.717, 1.165) is 57.2 Å². The monoisotopic (exact) mass is 798 g/mol. The summed E-state index contributed by atoms with van der Waals surface area (Å²) in [7, 11) is -2.82. The van der Waals surface area contributed by atoms with Crippen molar-refractivity contribution in [2.75, 3.05) is 25.5 Å². The van der Waals surface area contributed by atoms with Crippen LogP contribution in [0.1, 0.15) is 258 Å². The lowest BCUT2D eigenvalue weighted by Crippen LogP contribution is -2.52. The predicted molar refractivity (Wildman–Crippen MR) is 240 cm³/mol. The number of hydroxylamine groups is 1. The van der Waals surface area contributed by atoms with Crippen LogP contribution >= 0.6 is 11.8 Å². The van der Waals surface area contributed by atoms with Gasteiger partial charge in [0, 0.05) is 38.0 Å². The predicted octanol–water partition coefficient (Wildman–Crippen LogP) is 15.9. The zero-order chi connectivity index (χ0) is 38.9. The fraction of sp³-hybridized carbons (Fsp3) is 0.979. The van der Waals surface area contributed by atoms with Gasteiger partial charge >= 0.3 is 8.80 Å². The maximum atomic E-state index is 12.6. The van der Waals surface area contributed by atoms with E-state index >= 15 is 0 Å². The molecule has 0 bridgehead atoms. The van der Waals surface area contributed by atoms with E-state index in [0.29, 0.717) is 17.5 Å². The normalized spacial score (nSPS) is 17.9. The molecular formula is C47H95NO4SSi. The first kappa shape index (κ1) is 52.1. The first-order chi connectivity index (χ1) is 26.7. The molecule has 322 valence electrons. The van der Waals surface area contributed by atoms with Crippen LogP contribution < -0.4 is 5.48 Å². The number of hydrogen-bond acceptors (Lipinski definition) is 6. The Labute approximate surface area is 343 Å². The zero-order valence-corrected chi connectivity index (χ0v) is 38.6. The van der Waals surface area contributed by atoms with E-state index in [1.807, 2.05) is 0 Å². The summed E-state index contributed by atoms with van der Waals surface area (Å²) in [5, 5.41) is 0.350. The second kappa shape index (κ2) is 41.2. The molecule has 0 spiro atoms. The topological polar surface area (TPSA) is 56.8 Å². The first-order valence-corrected chi connectivity index (χ1v) is 27.4. The summed E-state index contributed by atoms with van der Waals surface area (Å²) in [6.45, 7) is 9.20. The molecule has 0 aromatic heterocycles. The molecule has 1 heterocycles. The van der Waals surface area contributed by atoms with Gasteiger partial charge in [0.1, 0.15) is 0 Å². The van der Waals surface area contributed by atoms with Gasteiger partial charge in [0.25, 0.3) is 0 Å². The van der Waals surface area contributed by atoms with Crippen molar-refractivity contribution in [2.45, 2.75) is 264 Å². The van der Waals surface area contributed by atoms with Crippen LogP contribution in [0.25, 0.3) is 0 Å². The molecule has 0 aliphatic carbocycles. The maximum Gasteiger partial charge on any atom is 0.517 e. The van der Waals surface area contributed by atoms with Crippen LogP contribution in [0.2, 0.25) is 6.04 Å². The van der Waals surface area contributed by atoms with Gasteiger partial charge in [-0.1, -0.05) is 232 Å². The summed E-state index contributed by atoms with van der Waals surface area (Å²) < 4.78 is 19.5. The van der Waals surface area contributed by atoms with Crippen molar-refractivity contribution in [1.82, 2.24) is 5.48 Å². The summed E-state index contributed by atoms with van der Waals surface area (Å²) in [5.74, 6) is 1.44. The molecule has 2 atom stereocenters. The van der Waals surface area contributed by atoms with Crippen LogP contribution in [-0.4, -0.2) is 39.4 Å². The third-order valence-corrected chi connectivity index (χ3v) is 15.3. The highest BCUT2D eigenvalue weighted by atomic mass is 32.2. The molecule has 5 nitrogen and oxygen atoms in total. The van der Waals surface area contributed by atoms with Crippen molar-refractivity contribution >= 4 is 25.7 Å². The van der Waals surface area contributed by atoms with Gasteiger partial charge in [-0.3, -0.25) is 9.32 Å². The Kier molecular flexibility index (Phi) is 39.8. The molecule has 0 radical (unpaired) electrons. The smallest absolute Gasteiger partial charge is 0.373 e. The number of thioether (sulfide) groups is 1. The minimum Gasteiger partial charge on any atom is -0.373 e. The summed E-state index contributed by atoms with van der Waals surface area (Å²) in [6, 6.07) is 0.791. The minimum atomic E-state index is -2.82. The molecule has 7 heteroatoms. The van der Waals surface area contributed by atoms with E-state index in [-0.39, 0.29) is 0 Å². The summed E-state index contributed by atoms with van der Waals surface area (Å²) in [6.07, 6.45) is 48.6. The SMILES string of the molecule is CCCCCCCCCCCCCCCCCCC1CCO[Si](CCCSC(=O)CCCCCCCCCCC)(OCCCCCCCCCC)ONC1. The van der Waals surface area contributed by atoms with Gasteiger partial charge in [-0.2, -0.15) is 0 Å². The van der Waals surface area contributed by atoms with E-state index < -0.39 is 8.80 Å². The molecule has 54 heavy (non-hydrogen) atoms. The minimum absolute atomic E-state index is 0.350. The number of carbonyl (C=O) groups is 1. The zero-order valence-electron chi connectivity index (χ0n) is 36.8. The third kappa shape index (κ3) is 34.1. The Morgan fingerprint density at radius 1 is 0.574 bits per heavy atom. The van der Waals surface area contributed by atoms with Crippen molar-refractivity contribution in [3.05, 3.63) is 0 Å². The Morgan fingerprint density at radius 2 is 1.00 bits per heavy atom. The van der Waals surface area contributed by atoms with Crippen LogP contribution in [0.4, 0.5) is 0 Å². The molecule has 0 amide bonds. The summed E-state index contributed by atoms with van der Waals surface area (Å²) >= 11 is 1.51. The Balaban J connectivity index is 2.26. The summed E-state index contributed by atoms with van der Waals surface area (Å²) in [5.41, 5.74) is 3.36. The van der Waals surface area contributed by atoms with Gasteiger partial charge in [-0.15, -0.1) is 0 Å². The van der Waals surface area contributed by atoms with Crippen LogP contribution in [-0.2, 0) is 18.2 Å². The van der Waals surface area contributed by atoms with E-state index in [2.05, 4.69) is 26.3 Å². The maximum absolute atomic E-state index is 12.6. The van der Waals surface area contributed by atoms with Crippen LogP contribution in [0.5, 0.6) is 0 Å². The van der Waals surface area contributed by atoms with E-state index in [4.69, 9.17) is 13.4 Å². The third-order valence-electron chi connectivity index (χ3n) is 11.6. The molecule has 1 N–H and O–H groups in total. The quantitative estimate of drug-likeness (QED) is 0.0491. The Morgan fingerprint density at radius 3 is 1.48 bits per heavy atom. The second-order valence-corrected chi connectivity index (χ2v) is 20.8. The molecule has 1 rings (SSSR count). The molecule has 1 aliphatic heterocycles. The molecule has 0 aromatic rings. The lowest BCUT2D eigenvalue weighted by molar-refractivity contribution is -0.111. The molecule has 1 saturated heterocycles. The Bertz CT molecular complexity index is 764. The van der Waals surface area contributed by atoms with Gasteiger partial charge in [0.2, 0.25) is 0 Å². The molecule has 2 unspecified atom stereocenters. The standard InChI is InChI=1S/C47H95NO4SSi/c1-4-7-10-13-16-19-20-21-22-23-24-25-27-28-31-34-38-46-40-42-51-54(52-48-45-46,50-41-36-33-30-18-15-12-9-6-3)44-37-43-53-47(49)39-35-32-29-26-17-14-11-8-5-2/h46,48H,4-45H2,1-3H3. The average molecular weight is 798 g/mol. The molecule has 0 saturated carbocycles. The highest BCUT2D eigenvalue weighted by Gasteiger charge is 2.42. The van der Waals surface area contributed by atoms with Crippen LogP contribution in [0, 0.1) is 5.92 Å².